The molecule has 6 nitrogen and oxygen atoms in total. The van der Waals surface area contributed by atoms with Gasteiger partial charge in [-0.1, -0.05) is 25.8 Å². The van der Waals surface area contributed by atoms with Gasteiger partial charge in [-0.3, -0.25) is 14.5 Å². The number of urea groups is 1. The summed E-state index contributed by atoms with van der Waals surface area (Å²) >= 11 is 0. The van der Waals surface area contributed by atoms with Crippen LogP contribution in [-0.4, -0.2) is 34.8 Å². The molecule has 1 saturated heterocycles. The van der Waals surface area contributed by atoms with Gasteiger partial charge in [0.15, 0.2) is 0 Å². The second-order valence-corrected chi connectivity index (χ2v) is 7.82. The Bertz CT molecular complexity index is 776. The SMILES string of the molecule is C[C@@H]1CCCC[C@@]12NC(=O)N(CC(=O)Nc1ccc3c(c1)CCC3)C2=O. The molecule has 2 N–H and O–H groups in total. The minimum atomic E-state index is -0.816. The number of carbonyl (C=O) groups is 3. The maximum atomic E-state index is 12.9. The average molecular weight is 355 g/mol. The number of anilines is 1. The average Bonchev–Trinajstić information content (AvgIpc) is 3.16. The van der Waals surface area contributed by atoms with Gasteiger partial charge in [0.1, 0.15) is 12.1 Å². The van der Waals surface area contributed by atoms with Crippen LogP contribution in [0.5, 0.6) is 0 Å². The fraction of sp³-hybridized carbons (Fsp3) is 0.550. The van der Waals surface area contributed by atoms with Crippen molar-refractivity contribution < 1.29 is 14.4 Å². The van der Waals surface area contributed by atoms with E-state index >= 15 is 0 Å². The van der Waals surface area contributed by atoms with E-state index < -0.39 is 11.6 Å². The first-order valence-corrected chi connectivity index (χ1v) is 9.55. The molecule has 2 fully saturated rings. The summed E-state index contributed by atoms with van der Waals surface area (Å²) < 4.78 is 0. The monoisotopic (exact) mass is 355 g/mol. The van der Waals surface area contributed by atoms with Crippen LogP contribution >= 0.6 is 0 Å². The van der Waals surface area contributed by atoms with Crippen LogP contribution in [0.3, 0.4) is 0 Å². The largest absolute Gasteiger partial charge is 0.325 e. The van der Waals surface area contributed by atoms with Crippen molar-refractivity contribution in [3.05, 3.63) is 29.3 Å². The number of nitrogens with zero attached hydrogens (tertiary/aromatic N) is 1. The molecule has 0 unspecified atom stereocenters. The summed E-state index contributed by atoms with van der Waals surface area (Å²) in [6.45, 7) is 1.77. The molecule has 1 saturated carbocycles. The van der Waals surface area contributed by atoms with Gasteiger partial charge >= 0.3 is 6.03 Å². The first-order valence-electron chi connectivity index (χ1n) is 9.55. The molecule has 1 aromatic carbocycles. The Balaban J connectivity index is 1.44. The highest BCUT2D eigenvalue weighted by Gasteiger charge is 2.55. The van der Waals surface area contributed by atoms with E-state index in [1.165, 1.54) is 11.1 Å². The van der Waals surface area contributed by atoms with Gasteiger partial charge in [-0.05, 0) is 61.3 Å². The number of amides is 4. The molecule has 4 rings (SSSR count). The molecule has 2 atom stereocenters. The molecular formula is C20H25N3O3. The van der Waals surface area contributed by atoms with E-state index in [0.717, 1.165) is 49.1 Å². The van der Waals surface area contributed by atoms with Crippen LogP contribution in [0.25, 0.3) is 0 Å². The summed E-state index contributed by atoms with van der Waals surface area (Å²) in [7, 11) is 0. The smallest absolute Gasteiger partial charge is 0.325 e. The molecule has 6 heteroatoms. The number of nitrogens with one attached hydrogen (secondary N) is 2. The molecule has 26 heavy (non-hydrogen) atoms. The first-order chi connectivity index (χ1) is 12.5. The summed E-state index contributed by atoms with van der Waals surface area (Å²) in [5, 5.41) is 5.71. The maximum absolute atomic E-state index is 12.9. The third-order valence-corrected chi connectivity index (χ3v) is 6.19. The van der Waals surface area contributed by atoms with Crippen LogP contribution in [0.1, 0.15) is 50.2 Å². The van der Waals surface area contributed by atoms with Crippen molar-refractivity contribution in [2.75, 3.05) is 11.9 Å². The van der Waals surface area contributed by atoms with E-state index in [9.17, 15) is 14.4 Å². The Morgan fingerprint density at radius 3 is 2.85 bits per heavy atom. The topological polar surface area (TPSA) is 78.5 Å². The van der Waals surface area contributed by atoms with Crippen molar-refractivity contribution in [3.63, 3.8) is 0 Å². The zero-order valence-corrected chi connectivity index (χ0v) is 15.1. The van der Waals surface area contributed by atoms with Gasteiger partial charge in [0.05, 0.1) is 0 Å². The Hall–Kier alpha value is -2.37. The highest BCUT2D eigenvalue weighted by Crippen LogP contribution is 2.38. The molecule has 0 aromatic heterocycles. The van der Waals surface area contributed by atoms with E-state index in [0.29, 0.717) is 6.42 Å². The predicted molar refractivity (Wildman–Crippen MR) is 97.7 cm³/mol. The molecular weight excluding hydrogens is 330 g/mol. The van der Waals surface area contributed by atoms with E-state index in [1.54, 1.807) is 0 Å². The van der Waals surface area contributed by atoms with Crippen LogP contribution in [-0.2, 0) is 22.4 Å². The standard InChI is InChI=1S/C20H25N3O3/c1-13-5-2-3-10-20(13)18(25)23(19(26)22-20)12-17(24)21-16-9-8-14-6-4-7-15(14)11-16/h8-9,11,13H,2-7,10,12H2,1H3,(H,21,24)(H,22,26)/t13-,20-/m1/s1. The Kier molecular flexibility index (Phi) is 4.21. The van der Waals surface area contributed by atoms with E-state index in [2.05, 4.69) is 10.6 Å². The first kappa shape index (κ1) is 17.1. The maximum Gasteiger partial charge on any atom is 0.325 e. The number of benzene rings is 1. The zero-order chi connectivity index (χ0) is 18.3. The highest BCUT2D eigenvalue weighted by atomic mass is 16.2. The number of carbonyl (C=O) groups excluding carboxylic acids is 3. The number of hydrogen-bond acceptors (Lipinski definition) is 3. The molecule has 3 aliphatic rings. The molecule has 0 radical (unpaired) electrons. The third-order valence-electron chi connectivity index (χ3n) is 6.19. The number of hydrogen-bond donors (Lipinski definition) is 2. The van der Waals surface area contributed by atoms with Crippen LogP contribution < -0.4 is 10.6 Å². The lowest BCUT2D eigenvalue weighted by atomic mass is 9.73. The van der Waals surface area contributed by atoms with Crippen molar-refractivity contribution in [1.29, 1.82) is 0 Å². The summed E-state index contributed by atoms with van der Waals surface area (Å²) in [6.07, 6.45) is 6.84. The van der Waals surface area contributed by atoms with Gasteiger partial charge < -0.3 is 10.6 Å². The molecule has 1 aromatic rings. The number of rotatable bonds is 3. The molecule has 0 bridgehead atoms. The fourth-order valence-electron chi connectivity index (χ4n) is 4.63. The van der Waals surface area contributed by atoms with Gasteiger partial charge in [-0.2, -0.15) is 0 Å². The second kappa shape index (κ2) is 6.41. The van der Waals surface area contributed by atoms with Crippen molar-refractivity contribution in [2.45, 2.75) is 57.4 Å². The minimum absolute atomic E-state index is 0.0949. The van der Waals surface area contributed by atoms with Gasteiger partial charge in [0.2, 0.25) is 5.91 Å². The van der Waals surface area contributed by atoms with E-state index in [1.807, 2.05) is 25.1 Å². The van der Waals surface area contributed by atoms with Crippen LogP contribution in [0.15, 0.2) is 18.2 Å². The van der Waals surface area contributed by atoms with Gasteiger partial charge in [-0.25, -0.2) is 4.79 Å². The Morgan fingerprint density at radius 1 is 1.23 bits per heavy atom. The van der Waals surface area contributed by atoms with E-state index in [4.69, 9.17) is 0 Å². The van der Waals surface area contributed by atoms with Gasteiger partial charge in [-0.15, -0.1) is 0 Å². The summed E-state index contributed by atoms with van der Waals surface area (Å²) in [6, 6.07) is 5.48. The fourth-order valence-corrected chi connectivity index (χ4v) is 4.63. The van der Waals surface area contributed by atoms with Gasteiger partial charge in [0, 0.05) is 5.69 Å². The number of fused-ring (bicyclic) bond motifs is 1. The molecule has 1 heterocycles. The predicted octanol–water partition coefficient (Wildman–Crippen LogP) is 2.61. The van der Waals surface area contributed by atoms with Crippen LogP contribution in [0.4, 0.5) is 10.5 Å². The molecule has 4 amide bonds. The quantitative estimate of drug-likeness (QED) is 0.818. The van der Waals surface area contributed by atoms with Crippen LogP contribution in [0, 0.1) is 5.92 Å². The third kappa shape index (κ3) is 2.77. The minimum Gasteiger partial charge on any atom is -0.325 e. The summed E-state index contributed by atoms with van der Waals surface area (Å²) in [5.41, 5.74) is 2.52. The summed E-state index contributed by atoms with van der Waals surface area (Å²) in [5.74, 6) is -0.497. The lowest BCUT2D eigenvalue weighted by Crippen LogP contribution is -2.54. The van der Waals surface area contributed by atoms with Crippen molar-refractivity contribution >= 4 is 23.5 Å². The van der Waals surface area contributed by atoms with Crippen molar-refractivity contribution in [1.82, 2.24) is 10.2 Å². The van der Waals surface area contributed by atoms with Crippen molar-refractivity contribution in [3.8, 4) is 0 Å². The lowest BCUT2D eigenvalue weighted by molar-refractivity contribution is -0.136. The second-order valence-electron chi connectivity index (χ2n) is 7.82. The summed E-state index contributed by atoms with van der Waals surface area (Å²) in [4.78, 5) is 38.8. The number of imide groups is 1. The van der Waals surface area contributed by atoms with Crippen LogP contribution in [0.2, 0.25) is 0 Å². The highest BCUT2D eigenvalue weighted by molar-refractivity contribution is 6.10. The Labute approximate surface area is 153 Å². The molecule has 1 aliphatic heterocycles. The zero-order valence-electron chi connectivity index (χ0n) is 15.1. The molecule has 1 spiro atoms. The Morgan fingerprint density at radius 2 is 2.04 bits per heavy atom. The lowest BCUT2D eigenvalue weighted by Gasteiger charge is -2.36. The normalized spacial score (nSPS) is 27.6. The number of aryl methyl sites for hydroxylation is 2. The molecule has 138 valence electrons. The van der Waals surface area contributed by atoms with E-state index in [-0.39, 0.29) is 24.3 Å². The molecule has 2 aliphatic carbocycles. The van der Waals surface area contributed by atoms with Gasteiger partial charge in [0.25, 0.3) is 5.91 Å². The van der Waals surface area contributed by atoms with Crippen molar-refractivity contribution in [2.24, 2.45) is 5.92 Å².